The molecule has 1 saturated heterocycles. The molecule has 1 aliphatic heterocycles. The van der Waals surface area contributed by atoms with Gasteiger partial charge in [0.1, 0.15) is 36.4 Å². The zero-order valence-corrected chi connectivity index (χ0v) is 13.6. The summed E-state index contributed by atoms with van der Waals surface area (Å²) in [4.78, 5) is 0. The molecule has 1 aromatic carbocycles. The Bertz CT molecular complexity index is 650. The molecule has 0 aliphatic carbocycles. The molecule has 9 heteroatoms. The van der Waals surface area contributed by atoms with Gasteiger partial charge in [0.05, 0.1) is 12.8 Å². The first kappa shape index (κ1) is 16.3. The molecule has 124 valence electrons. The highest BCUT2D eigenvalue weighted by Gasteiger charge is 2.39. The largest absolute Gasteiger partial charge is 0.487 e. The van der Waals surface area contributed by atoms with Crippen molar-refractivity contribution in [3.05, 3.63) is 40.6 Å². The van der Waals surface area contributed by atoms with E-state index in [0.29, 0.717) is 11.4 Å². The second-order valence-electron chi connectivity index (χ2n) is 5.20. The molecule has 1 aromatic heterocycles. The van der Waals surface area contributed by atoms with Gasteiger partial charge in [-0.25, -0.2) is 4.68 Å². The summed E-state index contributed by atoms with van der Waals surface area (Å²) in [6.07, 6.45) is -3.04. The molecule has 0 amide bonds. The quantitative estimate of drug-likeness (QED) is 0.690. The van der Waals surface area contributed by atoms with Crippen molar-refractivity contribution in [2.45, 2.75) is 31.1 Å². The molecule has 8 nitrogen and oxygen atoms in total. The summed E-state index contributed by atoms with van der Waals surface area (Å²) in [5, 5.41) is 36.9. The lowest BCUT2D eigenvalue weighted by molar-refractivity contribution is -0.214. The van der Waals surface area contributed by atoms with Gasteiger partial charge < -0.3 is 24.8 Å². The topological polar surface area (TPSA) is 110 Å². The zero-order valence-electron chi connectivity index (χ0n) is 12.0. The van der Waals surface area contributed by atoms with Crippen molar-refractivity contribution in [2.24, 2.45) is 0 Å². The van der Waals surface area contributed by atoms with Gasteiger partial charge in [-0.05, 0) is 24.3 Å². The smallest absolute Gasteiger partial charge is 0.180 e. The summed E-state index contributed by atoms with van der Waals surface area (Å²) in [6.45, 7) is 0.114. The van der Waals surface area contributed by atoms with Gasteiger partial charge >= 0.3 is 0 Å². The van der Waals surface area contributed by atoms with Crippen LogP contribution in [0, 0.1) is 0 Å². The number of nitrogens with zero attached hydrogens (tertiary/aromatic N) is 3. The zero-order chi connectivity index (χ0) is 16.4. The van der Waals surface area contributed by atoms with Gasteiger partial charge in [-0.1, -0.05) is 21.1 Å². The Kier molecular flexibility index (Phi) is 4.93. The van der Waals surface area contributed by atoms with E-state index >= 15 is 0 Å². The number of aliphatic hydroxyl groups is 3. The minimum Gasteiger partial charge on any atom is -0.487 e. The molecule has 4 atom stereocenters. The van der Waals surface area contributed by atoms with E-state index in [1.807, 2.05) is 24.3 Å². The molecule has 0 unspecified atom stereocenters. The van der Waals surface area contributed by atoms with Crippen molar-refractivity contribution in [3.63, 3.8) is 0 Å². The Morgan fingerprint density at radius 2 is 1.96 bits per heavy atom. The molecule has 2 heterocycles. The number of aliphatic hydroxyl groups excluding tert-OH is 3. The van der Waals surface area contributed by atoms with E-state index < -0.39 is 24.5 Å². The second kappa shape index (κ2) is 6.93. The number of ether oxygens (including phenoxy) is 2. The van der Waals surface area contributed by atoms with Crippen LogP contribution in [0.3, 0.4) is 0 Å². The van der Waals surface area contributed by atoms with Crippen LogP contribution in [0.15, 0.2) is 34.9 Å². The van der Waals surface area contributed by atoms with Crippen LogP contribution in [0.25, 0.3) is 0 Å². The van der Waals surface area contributed by atoms with Crippen LogP contribution in [0.4, 0.5) is 0 Å². The monoisotopic (exact) mass is 385 g/mol. The number of rotatable bonds is 4. The van der Waals surface area contributed by atoms with Crippen LogP contribution in [0.2, 0.25) is 0 Å². The molecule has 0 spiro atoms. The third-order valence-electron chi connectivity index (χ3n) is 3.49. The number of halogens is 1. The van der Waals surface area contributed by atoms with Crippen LogP contribution < -0.4 is 4.74 Å². The van der Waals surface area contributed by atoms with Crippen molar-refractivity contribution < 1.29 is 24.8 Å². The fraction of sp³-hybridized carbons (Fsp3) is 0.429. The number of hydrogen-bond donors (Lipinski definition) is 3. The van der Waals surface area contributed by atoms with Crippen LogP contribution in [0.5, 0.6) is 5.75 Å². The maximum absolute atomic E-state index is 9.95. The predicted molar refractivity (Wildman–Crippen MR) is 81.5 cm³/mol. The number of hydrogen-bond acceptors (Lipinski definition) is 7. The van der Waals surface area contributed by atoms with E-state index in [1.54, 1.807) is 6.20 Å². The fourth-order valence-electron chi connectivity index (χ4n) is 2.22. The van der Waals surface area contributed by atoms with Gasteiger partial charge in [0.25, 0.3) is 0 Å². The van der Waals surface area contributed by atoms with E-state index in [1.165, 1.54) is 4.68 Å². The summed E-state index contributed by atoms with van der Waals surface area (Å²) in [7, 11) is 0. The van der Waals surface area contributed by atoms with Crippen molar-refractivity contribution in [2.75, 3.05) is 6.61 Å². The first-order valence-corrected chi connectivity index (χ1v) is 7.79. The molecular formula is C14H16BrN3O5. The standard InChI is InChI=1S/C14H16BrN3O5/c15-8-1-3-10(4-2-8)22-6-9-5-18(17-16-9)14-13(21)12(20)11(19)7-23-14/h1-5,11-14,19-21H,6-7H2/t11-,12+,13-,14-/m1/s1. The highest BCUT2D eigenvalue weighted by Crippen LogP contribution is 2.23. The summed E-state index contributed by atoms with van der Waals surface area (Å²) in [5.74, 6) is 0.690. The normalized spacial score (nSPS) is 27.8. The van der Waals surface area contributed by atoms with Crippen molar-refractivity contribution >= 4 is 15.9 Å². The van der Waals surface area contributed by atoms with Gasteiger partial charge in [0, 0.05) is 4.47 Å². The molecular weight excluding hydrogens is 370 g/mol. The molecule has 1 aliphatic rings. The minimum absolute atomic E-state index is 0.0898. The van der Waals surface area contributed by atoms with E-state index in [4.69, 9.17) is 9.47 Å². The van der Waals surface area contributed by atoms with E-state index in [-0.39, 0.29) is 13.2 Å². The van der Waals surface area contributed by atoms with Gasteiger partial charge in [0.2, 0.25) is 0 Å². The summed E-state index contributed by atoms with van der Waals surface area (Å²) in [5.41, 5.74) is 0.546. The number of benzene rings is 1. The van der Waals surface area contributed by atoms with Crippen LogP contribution in [-0.4, -0.2) is 55.2 Å². The van der Waals surface area contributed by atoms with Crippen LogP contribution in [-0.2, 0) is 11.3 Å². The summed E-state index contributed by atoms with van der Waals surface area (Å²) < 4.78 is 13.1. The Balaban J connectivity index is 1.62. The van der Waals surface area contributed by atoms with Gasteiger partial charge in [0.15, 0.2) is 6.23 Å². The molecule has 0 bridgehead atoms. The Hall–Kier alpha value is -1.52. The maximum atomic E-state index is 9.95. The Labute approximate surface area is 140 Å². The minimum atomic E-state index is -1.29. The molecule has 0 radical (unpaired) electrons. The lowest BCUT2D eigenvalue weighted by atomic mass is 10.0. The first-order valence-electron chi connectivity index (χ1n) is 6.99. The van der Waals surface area contributed by atoms with Gasteiger partial charge in [-0.15, -0.1) is 5.10 Å². The molecule has 1 fully saturated rings. The van der Waals surface area contributed by atoms with E-state index in [2.05, 4.69) is 26.2 Å². The fourth-order valence-corrected chi connectivity index (χ4v) is 2.48. The van der Waals surface area contributed by atoms with Crippen LogP contribution >= 0.6 is 15.9 Å². The maximum Gasteiger partial charge on any atom is 0.180 e. The lowest BCUT2D eigenvalue weighted by Gasteiger charge is -2.34. The van der Waals surface area contributed by atoms with Gasteiger partial charge in [-0.3, -0.25) is 0 Å². The van der Waals surface area contributed by atoms with Crippen molar-refractivity contribution in [1.82, 2.24) is 15.0 Å². The van der Waals surface area contributed by atoms with Crippen LogP contribution in [0.1, 0.15) is 11.9 Å². The molecule has 23 heavy (non-hydrogen) atoms. The van der Waals surface area contributed by atoms with E-state index in [0.717, 1.165) is 4.47 Å². The summed E-state index contributed by atoms with van der Waals surface area (Å²) in [6, 6.07) is 7.37. The Morgan fingerprint density at radius 1 is 1.22 bits per heavy atom. The average molecular weight is 386 g/mol. The molecule has 3 rings (SSSR count). The van der Waals surface area contributed by atoms with Crippen molar-refractivity contribution in [3.8, 4) is 5.75 Å². The predicted octanol–water partition coefficient (Wildman–Crippen LogP) is 0.231. The van der Waals surface area contributed by atoms with Crippen molar-refractivity contribution in [1.29, 1.82) is 0 Å². The first-order chi connectivity index (χ1) is 11.0. The highest BCUT2D eigenvalue weighted by molar-refractivity contribution is 9.10. The number of aromatic nitrogens is 3. The average Bonchev–Trinajstić information content (AvgIpc) is 3.01. The molecule has 2 aromatic rings. The second-order valence-corrected chi connectivity index (χ2v) is 6.12. The SMILES string of the molecule is O[C@@H]1[C@@H](O)[C@H](n2cc(COc3ccc(Br)cc3)nn2)OC[C@H]1O. The van der Waals surface area contributed by atoms with E-state index in [9.17, 15) is 15.3 Å². The molecule has 0 saturated carbocycles. The third-order valence-corrected chi connectivity index (χ3v) is 4.02. The molecule has 3 N–H and O–H groups in total. The highest BCUT2D eigenvalue weighted by atomic mass is 79.9. The summed E-state index contributed by atoms with van der Waals surface area (Å²) >= 11 is 3.35. The lowest BCUT2D eigenvalue weighted by Crippen LogP contribution is -2.50. The van der Waals surface area contributed by atoms with Gasteiger partial charge in [-0.2, -0.15) is 0 Å². The third kappa shape index (κ3) is 3.70. The Morgan fingerprint density at radius 3 is 2.70 bits per heavy atom.